The molecular formula is C14H9BrFN3O. The summed E-state index contributed by atoms with van der Waals surface area (Å²) in [6.45, 7) is 0. The molecule has 1 amide bonds. The van der Waals surface area contributed by atoms with Gasteiger partial charge in [0.05, 0.1) is 21.8 Å². The van der Waals surface area contributed by atoms with Crippen LogP contribution in [0, 0.1) is 5.82 Å². The normalized spacial score (nSPS) is 10.7. The molecule has 0 aliphatic rings. The summed E-state index contributed by atoms with van der Waals surface area (Å²) < 4.78 is 13.7. The number of aromatic nitrogens is 2. The van der Waals surface area contributed by atoms with E-state index in [-0.39, 0.29) is 5.91 Å². The second kappa shape index (κ2) is 5.05. The monoisotopic (exact) mass is 333 g/mol. The number of H-pyrrole nitrogens is 1. The first-order valence-corrected chi connectivity index (χ1v) is 6.62. The molecule has 0 spiro atoms. The summed E-state index contributed by atoms with van der Waals surface area (Å²) in [6, 6.07) is 9.56. The second-order valence-electron chi connectivity index (χ2n) is 4.22. The van der Waals surface area contributed by atoms with Crippen LogP contribution in [0.15, 0.2) is 47.2 Å². The van der Waals surface area contributed by atoms with Gasteiger partial charge in [-0.1, -0.05) is 0 Å². The number of rotatable bonds is 2. The molecule has 6 heteroatoms. The molecule has 3 rings (SSSR count). The molecule has 2 aromatic carbocycles. The minimum absolute atomic E-state index is 0.303. The van der Waals surface area contributed by atoms with Crippen molar-refractivity contribution in [3.05, 3.63) is 58.6 Å². The number of carbonyl (C=O) groups excluding carboxylic acids is 1. The number of amides is 1. The van der Waals surface area contributed by atoms with Crippen molar-refractivity contribution in [1.29, 1.82) is 0 Å². The van der Waals surface area contributed by atoms with Gasteiger partial charge in [0, 0.05) is 11.3 Å². The zero-order valence-corrected chi connectivity index (χ0v) is 11.7. The molecule has 0 atom stereocenters. The molecule has 0 unspecified atom stereocenters. The van der Waals surface area contributed by atoms with E-state index >= 15 is 0 Å². The van der Waals surface area contributed by atoms with Gasteiger partial charge in [0.2, 0.25) is 0 Å². The highest BCUT2D eigenvalue weighted by molar-refractivity contribution is 9.10. The van der Waals surface area contributed by atoms with Crippen LogP contribution in [0.3, 0.4) is 0 Å². The third kappa shape index (κ3) is 2.42. The van der Waals surface area contributed by atoms with Gasteiger partial charge in [0.25, 0.3) is 5.91 Å². The van der Waals surface area contributed by atoms with E-state index in [2.05, 4.69) is 31.2 Å². The number of hydrogen-bond acceptors (Lipinski definition) is 2. The average molecular weight is 334 g/mol. The predicted octanol–water partition coefficient (Wildman–Crippen LogP) is 3.72. The van der Waals surface area contributed by atoms with Crippen molar-refractivity contribution in [2.45, 2.75) is 0 Å². The van der Waals surface area contributed by atoms with Crippen LogP contribution in [0.2, 0.25) is 0 Å². The maximum absolute atomic E-state index is 13.4. The van der Waals surface area contributed by atoms with Gasteiger partial charge >= 0.3 is 0 Å². The van der Waals surface area contributed by atoms with Gasteiger partial charge in [-0.2, -0.15) is 0 Å². The minimum atomic E-state index is -0.424. The number of aromatic amines is 1. The van der Waals surface area contributed by atoms with Crippen molar-refractivity contribution in [2.75, 3.05) is 5.32 Å². The number of fused-ring (bicyclic) bond motifs is 1. The molecular weight excluding hydrogens is 325 g/mol. The fourth-order valence-corrected chi connectivity index (χ4v) is 2.10. The number of halogens is 2. The number of anilines is 1. The van der Waals surface area contributed by atoms with Gasteiger partial charge in [-0.05, 0) is 52.3 Å². The van der Waals surface area contributed by atoms with Crippen LogP contribution in [0.25, 0.3) is 11.0 Å². The summed E-state index contributed by atoms with van der Waals surface area (Å²) in [5.41, 5.74) is 2.45. The van der Waals surface area contributed by atoms with Crippen molar-refractivity contribution < 1.29 is 9.18 Å². The van der Waals surface area contributed by atoms with Crippen LogP contribution in [0.4, 0.5) is 10.1 Å². The van der Waals surface area contributed by atoms with Gasteiger partial charge in [0.15, 0.2) is 0 Å². The Balaban J connectivity index is 1.86. The zero-order chi connectivity index (χ0) is 14.1. The summed E-state index contributed by atoms with van der Waals surface area (Å²) in [7, 11) is 0. The molecule has 4 nitrogen and oxygen atoms in total. The lowest BCUT2D eigenvalue weighted by atomic mass is 10.2. The summed E-state index contributed by atoms with van der Waals surface area (Å²) in [5.74, 6) is -0.727. The second-order valence-corrected chi connectivity index (χ2v) is 5.07. The SMILES string of the molecule is O=C(Nc1ccc(Br)c(F)c1)c1ccc2nc[nH]c2c1. The van der Waals surface area contributed by atoms with E-state index in [1.165, 1.54) is 6.07 Å². The molecule has 0 aliphatic heterocycles. The smallest absolute Gasteiger partial charge is 0.255 e. The Kier molecular flexibility index (Phi) is 3.23. The molecule has 100 valence electrons. The van der Waals surface area contributed by atoms with E-state index in [9.17, 15) is 9.18 Å². The topological polar surface area (TPSA) is 57.8 Å². The number of nitrogens with zero attached hydrogens (tertiary/aromatic N) is 1. The Labute approximate surface area is 122 Å². The Morgan fingerprint density at radius 2 is 2.10 bits per heavy atom. The molecule has 0 saturated heterocycles. The van der Waals surface area contributed by atoms with E-state index in [0.29, 0.717) is 15.7 Å². The molecule has 2 N–H and O–H groups in total. The first-order valence-electron chi connectivity index (χ1n) is 5.83. The van der Waals surface area contributed by atoms with Crippen LogP contribution in [0.1, 0.15) is 10.4 Å². The predicted molar refractivity (Wildman–Crippen MR) is 78.1 cm³/mol. The van der Waals surface area contributed by atoms with Crippen LogP contribution in [-0.4, -0.2) is 15.9 Å². The molecule has 1 heterocycles. The molecule has 0 bridgehead atoms. The van der Waals surface area contributed by atoms with Crippen LogP contribution in [0.5, 0.6) is 0 Å². The van der Waals surface area contributed by atoms with E-state index in [1.807, 2.05) is 0 Å². The largest absolute Gasteiger partial charge is 0.345 e. The van der Waals surface area contributed by atoms with E-state index in [0.717, 1.165) is 11.0 Å². The molecule has 0 saturated carbocycles. The van der Waals surface area contributed by atoms with E-state index in [4.69, 9.17) is 0 Å². The Bertz CT molecular complexity index is 800. The van der Waals surface area contributed by atoms with E-state index < -0.39 is 5.82 Å². The molecule has 3 aromatic rings. The van der Waals surface area contributed by atoms with Crippen LogP contribution in [-0.2, 0) is 0 Å². The maximum Gasteiger partial charge on any atom is 0.255 e. The van der Waals surface area contributed by atoms with Gasteiger partial charge in [-0.3, -0.25) is 4.79 Å². The molecule has 0 radical (unpaired) electrons. The van der Waals surface area contributed by atoms with Crippen molar-refractivity contribution in [3.8, 4) is 0 Å². The van der Waals surface area contributed by atoms with Gasteiger partial charge in [-0.25, -0.2) is 9.37 Å². The number of nitrogens with one attached hydrogen (secondary N) is 2. The summed E-state index contributed by atoms with van der Waals surface area (Å²) in [4.78, 5) is 19.1. The maximum atomic E-state index is 13.4. The lowest BCUT2D eigenvalue weighted by Crippen LogP contribution is -2.11. The van der Waals surface area contributed by atoms with Crippen LogP contribution < -0.4 is 5.32 Å². The molecule has 0 aliphatic carbocycles. The van der Waals surface area contributed by atoms with E-state index in [1.54, 1.807) is 36.7 Å². The average Bonchev–Trinajstić information content (AvgIpc) is 2.90. The number of hydrogen-bond donors (Lipinski definition) is 2. The quantitative estimate of drug-likeness (QED) is 0.750. The number of imidazole rings is 1. The highest BCUT2D eigenvalue weighted by Gasteiger charge is 2.09. The molecule has 20 heavy (non-hydrogen) atoms. The Morgan fingerprint density at radius 1 is 1.25 bits per heavy atom. The number of benzene rings is 2. The van der Waals surface area contributed by atoms with Crippen molar-refractivity contribution in [2.24, 2.45) is 0 Å². The molecule has 1 aromatic heterocycles. The molecule has 0 fully saturated rings. The van der Waals surface area contributed by atoms with Crippen molar-refractivity contribution >= 4 is 38.6 Å². The summed E-state index contributed by atoms with van der Waals surface area (Å²) >= 11 is 3.06. The summed E-state index contributed by atoms with van der Waals surface area (Å²) in [5, 5.41) is 2.65. The minimum Gasteiger partial charge on any atom is -0.345 e. The zero-order valence-electron chi connectivity index (χ0n) is 10.2. The standard InChI is InChI=1S/C14H9BrFN3O/c15-10-3-2-9(6-11(10)16)19-14(20)8-1-4-12-13(5-8)18-7-17-12/h1-7H,(H,17,18)(H,19,20). The Hall–Kier alpha value is -2.21. The van der Waals surface area contributed by atoms with Gasteiger partial charge in [0.1, 0.15) is 5.82 Å². The van der Waals surface area contributed by atoms with Crippen molar-refractivity contribution in [3.63, 3.8) is 0 Å². The fourth-order valence-electron chi connectivity index (χ4n) is 1.85. The first-order chi connectivity index (χ1) is 9.63. The van der Waals surface area contributed by atoms with Gasteiger partial charge < -0.3 is 10.3 Å². The number of carbonyl (C=O) groups is 1. The first kappa shape index (κ1) is 12.8. The highest BCUT2D eigenvalue weighted by atomic mass is 79.9. The third-order valence-electron chi connectivity index (χ3n) is 2.86. The lowest BCUT2D eigenvalue weighted by molar-refractivity contribution is 0.102. The Morgan fingerprint density at radius 3 is 2.90 bits per heavy atom. The summed E-state index contributed by atoms with van der Waals surface area (Å²) in [6.07, 6.45) is 1.57. The fraction of sp³-hybridized carbons (Fsp3) is 0. The van der Waals surface area contributed by atoms with Crippen LogP contribution >= 0.6 is 15.9 Å². The van der Waals surface area contributed by atoms with Gasteiger partial charge in [-0.15, -0.1) is 0 Å². The van der Waals surface area contributed by atoms with Crippen molar-refractivity contribution in [1.82, 2.24) is 9.97 Å². The third-order valence-corrected chi connectivity index (χ3v) is 3.50. The lowest BCUT2D eigenvalue weighted by Gasteiger charge is -2.06. The highest BCUT2D eigenvalue weighted by Crippen LogP contribution is 2.20.